The number of methoxy groups -OCH3 is 1. The molecule has 3 unspecified atom stereocenters. The van der Waals surface area contributed by atoms with Gasteiger partial charge in [0.25, 0.3) is 5.69 Å². The van der Waals surface area contributed by atoms with Gasteiger partial charge in [-0.3, -0.25) is 19.1 Å². The molecular weight excluding hydrogens is 392 g/mol. The molecule has 0 saturated carbocycles. The molecule has 1 aliphatic heterocycles. The van der Waals surface area contributed by atoms with Crippen molar-refractivity contribution in [2.24, 2.45) is 5.92 Å². The van der Waals surface area contributed by atoms with Crippen LogP contribution in [0.25, 0.3) is 0 Å². The van der Waals surface area contributed by atoms with Gasteiger partial charge in [-0.15, -0.1) is 0 Å². The highest BCUT2D eigenvalue weighted by atomic mass is 32.2. The predicted octanol–water partition coefficient (Wildman–Crippen LogP) is 2.30. The van der Waals surface area contributed by atoms with Crippen LogP contribution in [0.4, 0.5) is 10.5 Å². The van der Waals surface area contributed by atoms with Crippen LogP contribution < -0.4 is 0 Å². The Morgan fingerprint density at radius 1 is 1.32 bits per heavy atom. The average Bonchev–Trinajstić information content (AvgIpc) is 3.03. The van der Waals surface area contributed by atoms with Crippen LogP contribution in [0.3, 0.4) is 0 Å². The fourth-order valence-electron chi connectivity index (χ4n) is 3.13. The first-order valence-corrected chi connectivity index (χ1v) is 9.48. The van der Waals surface area contributed by atoms with Crippen LogP contribution in [0.2, 0.25) is 0 Å². The highest BCUT2D eigenvalue weighted by molar-refractivity contribution is 7.79. The molecule has 0 aliphatic carbocycles. The van der Waals surface area contributed by atoms with E-state index in [-0.39, 0.29) is 29.1 Å². The topological polar surface area (TPSA) is 139 Å². The summed E-state index contributed by atoms with van der Waals surface area (Å²) in [7, 11) is 1.18. The predicted molar refractivity (Wildman–Crippen MR) is 96.1 cm³/mol. The van der Waals surface area contributed by atoms with E-state index in [9.17, 15) is 28.5 Å². The maximum Gasteiger partial charge on any atom is 0.410 e. The van der Waals surface area contributed by atoms with Gasteiger partial charge in [0.2, 0.25) is 0 Å². The Hall–Kier alpha value is -2.53. The lowest BCUT2D eigenvalue weighted by molar-refractivity contribution is -0.385. The molecule has 0 radical (unpaired) electrons. The summed E-state index contributed by atoms with van der Waals surface area (Å²) in [4.78, 5) is 36.4. The molecule has 0 N–H and O–H groups in total. The first-order chi connectivity index (χ1) is 13.0. The van der Waals surface area contributed by atoms with E-state index in [4.69, 9.17) is 9.47 Å². The first-order valence-electron chi connectivity index (χ1n) is 8.41. The van der Waals surface area contributed by atoms with Crippen LogP contribution in [0.5, 0.6) is 0 Å². The molecule has 1 heterocycles. The van der Waals surface area contributed by atoms with Crippen molar-refractivity contribution < 1.29 is 32.7 Å². The van der Waals surface area contributed by atoms with Crippen LogP contribution >= 0.6 is 0 Å². The zero-order valence-corrected chi connectivity index (χ0v) is 16.7. The number of rotatable bonds is 4. The van der Waals surface area contributed by atoms with Gasteiger partial charge in [0.05, 0.1) is 24.0 Å². The van der Waals surface area contributed by atoms with E-state index in [1.165, 1.54) is 12.0 Å². The molecule has 1 aliphatic rings. The number of non-ortho nitro benzene ring substituents is 1. The van der Waals surface area contributed by atoms with Crippen molar-refractivity contribution in [3.05, 3.63) is 33.9 Å². The van der Waals surface area contributed by atoms with Crippen molar-refractivity contribution >= 4 is 28.8 Å². The highest BCUT2D eigenvalue weighted by Gasteiger charge is 2.45. The second-order valence-electron chi connectivity index (χ2n) is 7.25. The zero-order chi connectivity index (χ0) is 21.2. The number of likely N-dealkylation sites (tertiary alicyclic amines) is 1. The van der Waals surface area contributed by atoms with Gasteiger partial charge in [0, 0.05) is 23.6 Å². The lowest BCUT2D eigenvalue weighted by atomic mass is 9.93. The first kappa shape index (κ1) is 21.8. The van der Waals surface area contributed by atoms with Crippen LogP contribution in [-0.4, -0.2) is 49.9 Å². The smallest absolute Gasteiger partial charge is 0.410 e. The SMILES string of the molecule is COC(=O)C1CCN(C(=O)OC(C)(C)C)C1c1cc([N+](=O)[O-])ccc1S(=O)[O-]. The second-order valence-corrected chi connectivity index (χ2v) is 8.16. The summed E-state index contributed by atoms with van der Waals surface area (Å²) in [5, 5.41) is 11.2. The van der Waals surface area contributed by atoms with Crippen molar-refractivity contribution in [2.75, 3.05) is 13.7 Å². The molecule has 1 fully saturated rings. The van der Waals surface area contributed by atoms with Gasteiger partial charge in [0.15, 0.2) is 0 Å². The number of hydrogen-bond acceptors (Lipinski definition) is 8. The number of carbonyl (C=O) groups excluding carboxylic acids is 2. The maximum absolute atomic E-state index is 12.7. The lowest BCUT2D eigenvalue weighted by Crippen LogP contribution is -2.38. The fraction of sp³-hybridized carbons (Fsp3) is 0.529. The number of benzene rings is 1. The highest BCUT2D eigenvalue weighted by Crippen LogP contribution is 2.42. The van der Waals surface area contributed by atoms with E-state index in [2.05, 4.69) is 0 Å². The Morgan fingerprint density at radius 3 is 2.46 bits per heavy atom. The molecule has 0 bridgehead atoms. The number of ether oxygens (including phenoxy) is 2. The Labute approximate surface area is 164 Å². The summed E-state index contributed by atoms with van der Waals surface area (Å²) in [6, 6.07) is 2.12. The van der Waals surface area contributed by atoms with Gasteiger partial charge >= 0.3 is 12.1 Å². The largest absolute Gasteiger partial charge is 0.768 e. The molecule has 0 spiro atoms. The molecule has 3 atom stereocenters. The summed E-state index contributed by atoms with van der Waals surface area (Å²) >= 11 is -2.74. The maximum atomic E-state index is 12.7. The van der Waals surface area contributed by atoms with Crippen LogP contribution in [0.1, 0.15) is 38.8 Å². The summed E-state index contributed by atoms with van der Waals surface area (Å²) < 4.78 is 33.5. The van der Waals surface area contributed by atoms with Crippen LogP contribution in [0.15, 0.2) is 23.1 Å². The minimum Gasteiger partial charge on any atom is -0.768 e. The number of nitrogens with zero attached hydrogens (tertiary/aromatic N) is 2. The number of nitro benzene ring substituents is 1. The van der Waals surface area contributed by atoms with E-state index in [0.29, 0.717) is 0 Å². The fourth-order valence-corrected chi connectivity index (χ4v) is 3.68. The van der Waals surface area contributed by atoms with E-state index in [1.54, 1.807) is 20.8 Å². The number of nitro groups is 1. The van der Waals surface area contributed by atoms with E-state index < -0.39 is 45.6 Å². The summed E-state index contributed by atoms with van der Waals surface area (Å²) in [6.45, 7) is 5.10. The van der Waals surface area contributed by atoms with Gasteiger partial charge in [-0.05, 0) is 49.9 Å². The minimum absolute atomic E-state index is 0.0266. The standard InChI is InChI=1S/C17H22N2O8S/c1-17(2,3)27-16(21)18-8-7-11(15(20)26-4)14(18)12-9-10(19(22)23)5-6-13(12)28(24)25/h5-6,9,11,14H,7-8H2,1-4H3,(H,24,25)/p-1. The van der Waals surface area contributed by atoms with E-state index in [1.807, 2.05) is 0 Å². The quantitative estimate of drug-likeness (QED) is 0.317. The number of amides is 1. The van der Waals surface area contributed by atoms with Gasteiger partial charge < -0.3 is 18.9 Å². The van der Waals surface area contributed by atoms with Gasteiger partial charge in [-0.2, -0.15) is 0 Å². The van der Waals surface area contributed by atoms with E-state index in [0.717, 1.165) is 18.2 Å². The molecule has 1 amide bonds. The molecule has 11 heteroatoms. The van der Waals surface area contributed by atoms with Crippen molar-refractivity contribution in [2.45, 2.75) is 43.7 Å². The summed E-state index contributed by atoms with van der Waals surface area (Å²) in [6.07, 6.45) is -0.553. The third-order valence-corrected chi connectivity index (χ3v) is 4.96. The molecule has 1 aromatic carbocycles. The monoisotopic (exact) mass is 413 g/mol. The minimum atomic E-state index is -2.74. The van der Waals surface area contributed by atoms with Crippen molar-refractivity contribution in [3.8, 4) is 0 Å². The van der Waals surface area contributed by atoms with Crippen LogP contribution in [-0.2, 0) is 25.3 Å². The third kappa shape index (κ3) is 4.65. The molecule has 0 aromatic heterocycles. The average molecular weight is 413 g/mol. The molecule has 10 nitrogen and oxygen atoms in total. The van der Waals surface area contributed by atoms with Gasteiger partial charge in [-0.1, -0.05) is 0 Å². The normalized spacial score (nSPS) is 20.5. The molecule has 1 aromatic rings. The van der Waals surface area contributed by atoms with Crippen molar-refractivity contribution in [1.82, 2.24) is 4.90 Å². The van der Waals surface area contributed by atoms with Gasteiger partial charge in [0.1, 0.15) is 5.60 Å². The molecular formula is C17H21N2O8S-. The van der Waals surface area contributed by atoms with E-state index >= 15 is 0 Å². The molecule has 28 heavy (non-hydrogen) atoms. The number of esters is 1. The van der Waals surface area contributed by atoms with Gasteiger partial charge in [-0.25, -0.2) is 4.79 Å². The Bertz CT molecular complexity index is 820. The van der Waals surface area contributed by atoms with Crippen molar-refractivity contribution in [1.29, 1.82) is 0 Å². The second kappa shape index (κ2) is 8.23. The molecule has 2 rings (SSSR count). The summed E-state index contributed by atoms with van der Waals surface area (Å²) in [5.74, 6) is -1.54. The number of hydrogen-bond donors (Lipinski definition) is 0. The molecule has 154 valence electrons. The number of carbonyl (C=O) groups is 2. The third-order valence-electron chi connectivity index (χ3n) is 4.23. The Balaban J connectivity index is 2.60. The Morgan fingerprint density at radius 2 is 1.96 bits per heavy atom. The lowest BCUT2D eigenvalue weighted by Gasteiger charge is -2.31. The van der Waals surface area contributed by atoms with Crippen molar-refractivity contribution in [3.63, 3.8) is 0 Å². The van der Waals surface area contributed by atoms with Crippen LogP contribution in [0, 0.1) is 16.0 Å². The summed E-state index contributed by atoms with van der Waals surface area (Å²) in [5.41, 5.74) is -1.21. The Kier molecular flexibility index (Phi) is 6.40. The zero-order valence-electron chi connectivity index (χ0n) is 15.9. The molecule has 1 saturated heterocycles.